The van der Waals surface area contributed by atoms with Crippen LogP contribution in [0.5, 0.6) is 5.75 Å². The Bertz CT molecular complexity index is 558. The summed E-state index contributed by atoms with van der Waals surface area (Å²) in [6.07, 6.45) is 2.91. The molecule has 0 bridgehead atoms. The fourth-order valence-electron chi connectivity index (χ4n) is 1.37. The second kappa shape index (κ2) is 3.09. The molecule has 0 amide bonds. The van der Waals surface area contributed by atoms with Crippen LogP contribution in [0.15, 0.2) is 18.5 Å². The van der Waals surface area contributed by atoms with Gasteiger partial charge in [0.2, 0.25) is 0 Å². The summed E-state index contributed by atoms with van der Waals surface area (Å²) in [7, 11) is 0. The van der Waals surface area contributed by atoms with Gasteiger partial charge in [-0.05, 0) is 6.07 Å². The maximum Gasteiger partial charge on any atom is 0.339 e. The highest BCUT2D eigenvalue weighted by atomic mass is 16.4. The lowest BCUT2D eigenvalue weighted by atomic mass is 10.1. The van der Waals surface area contributed by atoms with Crippen molar-refractivity contribution in [2.24, 2.45) is 0 Å². The summed E-state index contributed by atoms with van der Waals surface area (Å²) in [5.41, 5.74) is -0.0992. The summed E-state index contributed by atoms with van der Waals surface area (Å²) >= 11 is 0. The number of carbonyl (C=O) groups is 2. The predicted octanol–water partition coefficient (Wildman–Crippen LogP) is 0.551. The SMILES string of the molecule is O=Cc1c(O)ccn2ncc(C(=O)O)c12. The molecule has 0 aliphatic carbocycles. The van der Waals surface area contributed by atoms with Crippen molar-refractivity contribution < 1.29 is 19.8 Å². The molecule has 0 aliphatic heterocycles. The highest BCUT2D eigenvalue weighted by Gasteiger charge is 2.16. The zero-order valence-corrected chi connectivity index (χ0v) is 7.41. The molecule has 6 heteroatoms. The van der Waals surface area contributed by atoms with Crippen LogP contribution in [0, 0.1) is 0 Å². The Labute approximate surface area is 83.4 Å². The van der Waals surface area contributed by atoms with E-state index in [9.17, 15) is 14.7 Å². The number of fused-ring (bicyclic) bond motifs is 1. The number of aldehydes is 1. The first kappa shape index (κ1) is 9.20. The van der Waals surface area contributed by atoms with Gasteiger partial charge in [0.25, 0.3) is 0 Å². The zero-order chi connectivity index (χ0) is 11.0. The normalized spacial score (nSPS) is 10.4. The van der Waals surface area contributed by atoms with Crippen molar-refractivity contribution in [1.29, 1.82) is 0 Å². The van der Waals surface area contributed by atoms with E-state index in [1.54, 1.807) is 0 Å². The number of carboxylic acids is 1. The molecule has 76 valence electrons. The minimum atomic E-state index is -1.20. The molecule has 0 atom stereocenters. The predicted molar refractivity (Wildman–Crippen MR) is 49.2 cm³/mol. The summed E-state index contributed by atoms with van der Waals surface area (Å²) < 4.78 is 1.23. The molecular weight excluding hydrogens is 200 g/mol. The fourth-order valence-corrected chi connectivity index (χ4v) is 1.37. The lowest BCUT2D eigenvalue weighted by Gasteiger charge is -2.00. The average molecular weight is 206 g/mol. The molecule has 0 unspecified atom stereocenters. The molecular formula is C9H6N2O4. The molecule has 2 N–H and O–H groups in total. The van der Waals surface area contributed by atoms with Gasteiger partial charge in [-0.2, -0.15) is 5.10 Å². The van der Waals surface area contributed by atoms with Crippen LogP contribution < -0.4 is 0 Å². The van der Waals surface area contributed by atoms with Gasteiger partial charge in [-0.3, -0.25) is 4.79 Å². The third kappa shape index (κ3) is 1.23. The van der Waals surface area contributed by atoms with E-state index in [4.69, 9.17) is 5.11 Å². The second-order valence-electron chi connectivity index (χ2n) is 2.89. The zero-order valence-electron chi connectivity index (χ0n) is 7.41. The molecule has 0 fully saturated rings. The van der Waals surface area contributed by atoms with Crippen LogP contribution in [0.1, 0.15) is 20.7 Å². The first-order valence-electron chi connectivity index (χ1n) is 4.03. The van der Waals surface area contributed by atoms with Crippen LogP contribution in [-0.4, -0.2) is 32.1 Å². The molecule has 2 aromatic rings. The van der Waals surface area contributed by atoms with Gasteiger partial charge in [0, 0.05) is 6.20 Å². The Kier molecular flexibility index (Phi) is 1.89. The van der Waals surface area contributed by atoms with Crippen LogP contribution in [-0.2, 0) is 0 Å². The van der Waals surface area contributed by atoms with Crippen LogP contribution in [0.2, 0.25) is 0 Å². The van der Waals surface area contributed by atoms with Crippen molar-refractivity contribution in [3.63, 3.8) is 0 Å². The lowest BCUT2D eigenvalue weighted by Crippen LogP contribution is -1.99. The summed E-state index contributed by atoms with van der Waals surface area (Å²) in [6.45, 7) is 0. The smallest absolute Gasteiger partial charge is 0.339 e. The van der Waals surface area contributed by atoms with Gasteiger partial charge in [-0.25, -0.2) is 9.31 Å². The van der Waals surface area contributed by atoms with Gasteiger partial charge in [0.05, 0.1) is 17.3 Å². The molecule has 0 saturated carbocycles. The van der Waals surface area contributed by atoms with Gasteiger partial charge in [-0.1, -0.05) is 0 Å². The minimum absolute atomic E-state index is 0.0765. The van der Waals surface area contributed by atoms with Crippen molar-refractivity contribution in [2.75, 3.05) is 0 Å². The number of rotatable bonds is 2. The lowest BCUT2D eigenvalue weighted by molar-refractivity contribution is 0.0699. The van der Waals surface area contributed by atoms with Crippen molar-refractivity contribution in [1.82, 2.24) is 9.61 Å². The van der Waals surface area contributed by atoms with Crippen molar-refractivity contribution in [3.8, 4) is 5.75 Å². The Morgan fingerprint density at radius 1 is 1.53 bits per heavy atom. The Morgan fingerprint density at radius 3 is 2.87 bits per heavy atom. The highest BCUT2D eigenvalue weighted by molar-refractivity contribution is 6.02. The van der Waals surface area contributed by atoms with Gasteiger partial charge >= 0.3 is 5.97 Å². The first-order valence-corrected chi connectivity index (χ1v) is 4.03. The number of hydrogen-bond donors (Lipinski definition) is 2. The second-order valence-corrected chi connectivity index (χ2v) is 2.89. The average Bonchev–Trinajstić information content (AvgIpc) is 2.61. The quantitative estimate of drug-likeness (QED) is 0.700. The molecule has 15 heavy (non-hydrogen) atoms. The maximum absolute atomic E-state index is 10.8. The standard InChI is InChI=1S/C9H6N2O4/c12-4-6-7(13)1-2-11-8(6)5(3-10-11)9(14)15/h1-4,13H,(H,14,15). The van der Waals surface area contributed by atoms with E-state index in [2.05, 4.69) is 5.10 Å². The highest BCUT2D eigenvalue weighted by Crippen LogP contribution is 2.22. The molecule has 0 spiro atoms. The summed E-state index contributed by atoms with van der Waals surface area (Å²) in [5.74, 6) is -1.46. The summed E-state index contributed by atoms with van der Waals surface area (Å²) in [5, 5.41) is 22.0. The minimum Gasteiger partial charge on any atom is -0.507 e. The number of hydrogen-bond acceptors (Lipinski definition) is 4. The number of nitrogens with zero attached hydrogens (tertiary/aromatic N) is 2. The molecule has 2 heterocycles. The number of pyridine rings is 1. The van der Waals surface area contributed by atoms with Crippen LogP contribution in [0.4, 0.5) is 0 Å². The topological polar surface area (TPSA) is 91.9 Å². The molecule has 2 rings (SSSR count). The number of aromatic hydroxyl groups is 1. The summed E-state index contributed by atoms with van der Waals surface area (Å²) in [4.78, 5) is 21.5. The number of aromatic nitrogens is 2. The molecule has 0 aromatic carbocycles. The van der Waals surface area contributed by atoms with Gasteiger partial charge in [-0.15, -0.1) is 0 Å². The van der Waals surface area contributed by atoms with Crippen LogP contribution >= 0.6 is 0 Å². The number of carboxylic acid groups (broad SMARTS) is 1. The fraction of sp³-hybridized carbons (Fsp3) is 0. The van der Waals surface area contributed by atoms with Gasteiger partial charge < -0.3 is 10.2 Å². The Morgan fingerprint density at radius 2 is 2.27 bits per heavy atom. The van der Waals surface area contributed by atoms with Crippen molar-refractivity contribution in [2.45, 2.75) is 0 Å². The molecule has 0 saturated heterocycles. The van der Waals surface area contributed by atoms with Crippen LogP contribution in [0.3, 0.4) is 0 Å². The van der Waals surface area contributed by atoms with Crippen LogP contribution in [0.25, 0.3) is 5.52 Å². The Hall–Kier alpha value is -2.37. The maximum atomic E-state index is 10.8. The molecule has 2 aromatic heterocycles. The van der Waals surface area contributed by atoms with E-state index in [1.807, 2.05) is 0 Å². The monoisotopic (exact) mass is 206 g/mol. The van der Waals surface area contributed by atoms with Crippen molar-refractivity contribution >= 4 is 17.8 Å². The number of carbonyl (C=O) groups excluding carboxylic acids is 1. The van der Waals surface area contributed by atoms with E-state index < -0.39 is 5.97 Å². The summed E-state index contributed by atoms with van der Waals surface area (Å²) in [6, 6.07) is 1.27. The van der Waals surface area contributed by atoms with E-state index in [0.717, 1.165) is 6.20 Å². The van der Waals surface area contributed by atoms with Gasteiger partial charge in [0.15, 0.2) is 6.29 Å². The van der Waals surface area contributed by atoms with E-state index >= 15 is 0 Å². The van der Waals surface area contributed by atoms with Crippen molar-refractivity contribution in [3.05, 3.63) is 29.6 Å². The molecule has 0 radical (unpaired) electrons. The largest absolute Gasteiger partial charge is 0.507 e. The molecule has 6 nitrogen and oxygen atoms in total. The van der Waals surface area contributed by atoms with Gasteiger partial charge in [0.1, 0.15) is 11.3 Å². The third-order valence-corrected chi connectivity index (χ3v) is 2.05. The third-order valence-electron chi connectivity index (χ3n) is 2.05. The molecule has 0 aliphatic rings. The van der Waals surface area contributed by atoms with E-state index in [-0.39, 0.29) is 22.4 Å². The number of aromatic carboxylic acids is 1. The van der Waals surface area contributed by atoms with E-state index in [1.165, 1.54) is 16.8 Å². The first-order chi connectivity index (χ1) is 7.15. The van der Waals surface area contributed by atoms with E-state index in [0.29, 0.717) is 6.29 Å². The Balaban J connectivity index is 2.92.